The molecule has 0 saturated heterocycles. The van der Waals surface area contributed by atoms with Crippen molar-refractivity contribution < 1.29 is 0 Å². The second kappa shape index (κ2) is 6.54. The van der Waals surface area contributed by atoms with Crippen molar-refractivity contribution >= 4 is 5.82 Å². The largest absolute Gasteiger partial charge is 0.367 e. The molecule has 0 aromatic carbocycles. The molecule has 1 unspecified atom stereocenters. The third kappa shape index (κ3) is 4.14. The number of aromatic amines is 1. The minimum absolute atomic E-state index is 0.119. The number of hydrogen-bond acceptors (Lipinski definition) is 4. The van der Waals surface area contributed by atoms with Crippen molar-refractivity contribution in [2.45, 2.75) is 46.1 Å². The second-order valence-corrected chi connectivity index (χ2v) is 5.24. The van der Waals surface area contributed by atoms with E-state index in [2.05, 4.69) is 29.1 Å². The predicted molar refractivity (Wildman–Crippen MR) is 74.9 cm³/mol. The normalized spacial score (nSPS) is 13.1. The van der Waals surface area contributed by atoms with Crippen molar-refractivity contribution in [3.8, 4) is 0 Å². The monoisotopic (exact) mass is 252 g/mol. The molecule has 0 radical (unpaired) electrons. The Kier molecular flexibility index (Phi) is 5.34. The van der Waals surface area contributed by atoms with Gasteiger partial charge in [0.15, 0.2) is 0 Å². The maximum absolute atomic E-state index is 11.6. The Hall–Kier alpha value is -1.36. The van der Waals surface area contributed by atoms with Crippen LogP contribution in [0.3, 0.4) is 0 Å². The van der Waals surface area contributed by atoms with E-state index in [9.17, 15) is 4.79 Å². The Morgan fingerprint density at radius 1 is 1.39 bits per heavy atom. The summed E-state index contributed by atoms with van der Waals surface area (Å²) in [4.78, 5) is 18.7. The molecule has 1 heterocycles. The van der Waals surface area contributed by atoms with E-state index in [1.165, 1.54) is 6.07 Å². The van der Waals surface area contributed by atoms with Crippen LogP contribution < -0.4 is 16.6 Å². The first-order valence-corrected chi connectivity index (χ1v) is 6.52. The SMILES string of the molecule is CC(C)c1nc(NC(CCN)C(C)C)cc(=O)[nH]1. The van der Waals surface area contributed by atoms with E-state index in [1.807, 2.05) is 13.8 Å². The Balaban J connectivity index is 2.92. The molecule has 0 aliphatic rings. The number of anilines is 1. The van der Waals surface area contributed by atoms with Gasteiger partial charge < -0.3 is 16.0 Å². The molecule has 0 aliphatic carbocycles. The third-order valence-electron chi connectivity index (χ3n) is 2.92. The lowest BCUT2D eigenvalue weighted by Crippen LogP contribution is -2.30. The first-order chi connectivity index (χ1) is 8.43. The van der Waals surface area contributed by atoms with Crippen LogP contribution in [0.25, 0.3) is 0 Å². The quantitative estimate of drug-likeness (QED) is 0.719. The van der Waals surface area contributed by atoms with Crippen LogP contribution in [0.15, 0.2) is 10.9 Å². The summed E-state index contributed by atoms with van der Waals surface area (Å²) in [6.07, 6.45) is 0.864. The van der Waals surface area contributed by atoms with Crippen LogP contribution in [-0.4, -0.2) is 22.6 Å². The van der Waals surface area contributed by atoms with Gasteiger partial charge in [0, 0.05) is 18.0 Å². The zero-order valence-corrected chi connectivity index (χ0v) is 11.7. The fourth-order valence-corrected chi connectivity index (χ4v) is 1.77. The van der Waals surface area contributed by atoms with E-state index in [0.29, 0.717) is 24.1 Å². The Morgan fingerprint density at radius 2 is 2.06 bits per heavy atom. The van der Waals surface area contributed by atoms with Crippen molar-refractivity contribution in [2.24, 2.45) is 11.7 Å². The van der Waals surface area contributed by atoms with E-state index in [0.717, 1.165) is 6.42 Å². The van der Waals surface area contributed by atoms with Gasteiger partial charge in [0.25, 0.3) is 5.56 Å². The van der Waals surface area contributed by atoms with Crippen LogP contribution in [0, 0.1) is 5.92 Å². The summed E-state index contributed by atoms with van der Waals surface area (Å²) in [5.74, 6) is 1.98. The number of hydrogen-bond donors (Lipinski definition) is 3. The number of nitrogens with two attached hydrogens (primary N) is 1. The maximum Gasteiger partial charge on any atom is 0.252 e. The highest BCUT2D eigenvalue weighted by molar-refractivity contribution is 5.34. The van der Waals surface area contributed by atoms with Gasteiger partial charge in [-0.3, -0.25) is 4.79 Å². The molecule has 0 aliphatic heterocycles. The smallest absolute Gasteiger partial charge is 0.252 e. The lowest BCUT2D eigenvalue weighted by Gasteiger charge is -2.22. The first-order valence-electron chi connectivity index (χ1n) is 6.52. The molecule has 5 heteroatoms. The summed E-state index contributed by atoms with van der Waals surface area (Å²) in [5.41, 5.74) is 5.48. The molecule has 0 bridgehead atoms. The average molecular weight is 252 g/mol. The van der Waals surface area contributed by atoms with E-state index in [4.69, 9.17) is 5.73 Å². The van der Waals surface area contributed by atoms with Gasteiger partial charge >= 0.3 is 0 Å². The van der Waals surface area contributed by atoms with E-state index < -0.39 is 0 Å². The van der Waals surface area contributed by atoms with Crippen LogP contribution in [-0.2, 0) is 0 Å². The van der Waals surface area contributed by atoms with Gasteiger partial charge in [-0.1, -0.05) is 27.7 Å². The minimum Gasteiger partial charge on any atom is -0.367 e. The van der Waals surface area contributed by atoms with Crippen molar-refractivity contribution in [1.82, 2.24) is 9.97 Å². The minimum atomic E-state index is -0.119. The number of nitrogens with zero attached hydrogens (tertiary/aromatic N) is 1. The van der Waals surface area contributed by atoms with Crippen molar-refractivity contribution in [2.75, 3.05) is 11.9 Å². The lowest BCUT2D eigenvalue weighted by molar-refractivity contribution is 0.497. The Morgan fingerprint density at radius 3 is 2.56 bits per heavy atom. The van der Waals surface area contributed by atoms with Crippen LogP contribution in [0.5, 0.6) is 0 Å². The molecule has 102 valence electrons. The summed E-state index contributed by atoms with van der Waals surface area (Å²) in [6.45, 7) is 8.88. The van der Waals surface area contributed by atoms with Gasteiger partial charge in [-0.25, -0.2) is 4.98 Å². The highest BCUT2D eigenvalue weighted by Gasteiger charge is 2.14. The van der Waals surface area contributed by atoms with E-state index in [1.54, 1.807) is 0 Å². The van der Waals surface area contributed by atoms with Gasteiger partial charge in [-0.15, -0.1) is 0 Å². The van der Waals surface area contributed by atoms with Gasteiger partial charge in [0.05, 0.1) is 0 Å². The maximum atomic E-state index is 11.6. The van der Waals surface area contributed by atoms with Gasteiger partial charge in [0.2, 0.25) is 0 Å². The summed E-state index contributed by atoms with van der Waals surface area (Å²) in [6, 6.07) is 1.74. The molecule has 0 saturated carbocycles. The molecule has 1 aromatic rings. The van der Waals surface area contributed by atoms with Gasteiger partial charge in [0.1, 0.15) is 11.6 Å². The molecule has 1 rings (SSSR count). The summed E-state index contributed by atoms with van der Waals surface area (Å²) >= 11 is 0. The average Bonchev–Trinajstić information content (AvgIpc) is 2.27. The molecule has 0 amide bonds. The van der Waals surface area contributed by atoms with E-state index in [-0.39, 0.29) is 17.5 Å². The van der Waals surface area contributed by atoms with Crippen molar-refractivity contribution in [1.29, 1.82) is 0 Å². The number of rotatable bonds is 6. The lowest BCUT2D eigenvalue weighted by atomic mass is 10.0. The van der Waals surface area contributed by atoms with Crippen molar-refractivity contribution in [3.05, 3.63) is 22.2 Å². The zero-order chi connectivity index (χ0) is 13.7. The number of H-pyrrole nitrogens is 1. The van der Waals surface area contributed by atoms with Crippen LogP contribution in [0.1, 0.15) is 45.9 Å². The summed E-state index contributed by atoms with van der Waals surface area (Å²) in [7, 11) is 0. The first kappa shape index (κ1) is 14.7. The molecule has 0 spiro atoms. The van der Waals surface area contributed by atoms with Gasteiger partial charge in [-0.05, 0) is 18.9 Å². The second-order valence-electron chi connectivity index (χ2n) is 5.24. The zero-order valence-electron chi connectivity index (χ0n) is 11.7. The summed E-state index contributed by atoms with van der Waals surface area (Å²) < 4.78 is 0. The topological polar surface area (TPSA) is 83.8 Å². The predicted octanol–water partition coefficient (Wildman–Crippen LogP) is 1.68. The third-order valence-corrected chi connectivity index (χ3v) is 2.92. The van der Waals surface area contributed by atoms with Crippen LogP contribution in [0.4, 0.5) is 5.82 Å². The highest BCUT2D eigenvalue weighted by atomic mass is 16.1. The molecular formula is C13H24N4O. The van der Waals surface area contributed by atoms with E-state index >= 15 is 0 Å². The molecule has 1 aromatic heterocycles. The highest BCUT2D eigenvalue weighted by Crippen LogP contribution is 2.14. The summed E-state index contributed by atoms with van der Waals surface area (Å²) in [5, 5.41) is 3.30. The molecule has 18 heavy (non-hydrogen) atoms. The Bertz CT molecular complexity index is 425. The fraction of sp³-hybridized carbons (Fsp3) is 0.692. The molecule has 0 fully saturated rings. The molecule has 1 atom stereocenters. The number of nitrogens with one attached hydrogen (secondary N) is 2. The van der Waals surface area contributed by atoms with Crippen LogP contribution >= 0.6 is 0 Å². The Labute approximate surface area is 108 Å². The number of aromatic nitrogens is 2. The standard InChI is InChI=1S/C13H24N4O/c1-8(2)10(5-6-14)15-11-7-12(18)17-13(16-11)9(3)4/h7-10H,5-6,14H2,1-4H3,(H2,15,16,17,18). The molecular weight excluding hydrogens is 228 g/mol. The fourth-order valence-electron chi connectivity index (χ4n) is 1.77. The molecule has 5 nitrogen and oxygen atoms in total. The molecule has 4 N–H and O–H groups in total. The van der Waals surface area contributed by atoms with Gasteiger partial charge in [-0.2, -0.15) is 0 Å². The van der Waals surface area contributed by atoms with Crippen LogP contribution in [0.2, 0.25) is 0 Å². The van der Waals surface area contributed by atoms with Crippen molar-refractivity contribution in [3.63, 3.8) is 0 Å².